The van der Waals surface area contributed by atoms with Crippen LogP contribution in [-0.2, 0) is 4.79 Å². The summed E-state index contributed by atoms with van der Waals surface area (Å²) in [6.07, 6.45) is 1.10. The molecule has 94 valence electrons. The zero-order chi connectivity index (χ0) is 12.7. The number of aryl methyl sites for hydroxylation is 2. The van der Waals surface area contributed by atoms with Crippen molar-refractivity contribution < 1.29 is 4.79 Å². The van der Waals surface area contributed by atoms with Crippen molar-refractivity contribution in [2.45, 2.75) is 20.3 Å². The van der Waals surface area contributed by atoms with Gasteiger partial charge in [0.1, 0.15) is 0 Å². The molecule has 2 nitrogen and oxygen atoms in total. The molecule has 0 bridgehead atoms. The summed E-state index contributed by atoms with van der Waals surface area (Å²) in [6, 6.07) is 5.99. The van der Waals surface area contributed by atoms with E-state index in [-0.39, 0.29) is 5.91 Å². The number of amides is 1. The second-order valence-corrected chi connectivity index (χ2v) is 5.84. The number of halogens is 1. The Labute approximate surface area is 116 Å². The van der Waals surface area contributed by atoms with E-state index in [9.17, 15) is 4.79 Å². The van der Waals surface area contributed by atoms with Gasteiger partial charge in [0.2, 0.25) is 5.91 Å². The lowest BCUT2D eigenvalue weighted by Crippen LogP contribution is -2.14. The van der Waals surface area contributed by atoms with E-state index in [1.54, 1.807) is 11.8 Å². The third kappa shape index (κ3) is 5.59. The van der Waals surface area contributed by atoms with Gasteiger partial charge in [0, 0.05) is 11.0 Å². The van der Waals surface area contributed by atoms with Crippen LogP contribution < -0.4 is 5.32 Å². The number of hydrogen-bond donors (Lipinski definition) is 1. The van der Waals surface area contributed by atoms with Gasteiger partial charge < -0.3 is 5.32 Å². The standard InChI is InChI=1S/C13H18BrNOS/c1-10-4-5-12(8-11(10)2)15-13(16)9-17-7-3-6-14/h4-5,8H,3,6-7,9H2,1-2H3,(H,15,16). The summed E-state index contributed by atoms with van der Waals surface area (Å²) in [5.74, 6) is 1.62. The molecule has 0 atom stereocenters. The van der Waals surface area contributed by atoms with Gasteiger partial charge in [0.05, 0.1) is 5.75 Å². The Morgan fingerprint density at radius 3 is 2.76 bits per heavy atom. The molecule has 1 aromatic rings. The number of alkyl halides is 1. The Kier molecular flexibility index (Phi) is 6.66. The fourth-order valence-corrected chi connectivity index (χ4v) is 2.74. The minimum absolute atomic E-state index is 0.0767. The third-order valence-electron chi connectivity index (χ3n) is 2.45. The fourth-order valence-electron chi connectivity index (χ4n) is 1.34. The minimum atomic E-state index is 0.0767. The van der Waals surface area contributed by atoms with Gasteiger partial charge in [0.15, 0.2) is 0 Å². The predicted octanol–water partition coefficient (Wildman–Crippen LogP) is 3.76. The minimum Gasteiger partial charge on any atom is -0.325 e. The van der Waals surface area contributed by atoms with Gasteiger partial charge in [-0.25, -0.2) is 0 Å². The molecule has 0 radical (unpaired) electrons. The van der Waals surface area contributed by atoms with E-state index in [1.807, 2.05) is 18.2 Å². The van der Waals surface area contributed by atoms with E-state index in [0.717, 1.165) is 23.2 Å². The average Bonchev–Trinajstić information content (AvgIpc) is 2.30. The molecule has 4 heteroatoms. The topological polar surface area (TPSA) is 29.1 Å². The number of hydrogen-bond acceptors (Lipinski definition) is 2. The number of thioether (sulfide) groups is 1. The molecule has 0 aliphatic carbocycles. The highest BCUT2D eigenvalue weighted by Gasteiger charge is 2.03. The Bertz CT molecular complexity index is 382. The van der Waals surface area contributed by atoms with Crippen LogP contribution in [-0.4, -0.2) is 22.7 Å². The smallest absolute Gasteiger partial charge is 0.234 e. The van der Waals surface area contributed by atoms with Crippen molar-refractivity contribution in [3.8, 4) is 0 Å². The first-order valence-electron chi connectivity index (χ1n) is 5.64. The lowest BCUT2D eigenvalue weighted by Gasteiger charge is -2.07. The quantitative estimate of drug-likeness (QED) is 0.639. The highest BCUT2D eigenvalue weighted by molar-refractivity contribution is 9.09. The van der Waals surface area contributed by atoms with Crippen molar-refractivity contribution in [2.75, 3.05) is 22.2 Å². The van der Waals surface area contributed by atoms with Gasteiger partial charge in [-0.2, -0.15) is 11.8 Å². The first-order valence-corrected chi connectivity index (χ1v) is 7.92. The first kappa shape index (κ1) is 14.6. The first-order chi connectivity index (χ1) is 8.13. The number of carbonyl (C=O) groups excluding carboxylic acids is 1. The van der Waals surface area contributed by atoms with E-state index >= 15 is 0 Å². The summed E-state index contributed by atoms with van der Waals surface area (Å²) in [7, 11) is 0. The lowest BCUT2D eigenvalue weighted by molar-refractivity contribution is -0.113. The molecule has 17 heavy (non-hydrogen) atoms. The van der Waals surface area contributed by atoms with Gasteiger partial charge in [-0.3, -0.25) is 4.79 Å². The Morgan fingerprint density at radius 1 is 1.35 bits per heavy atom. The SMILES string of the molecule is Cc1ccc(NC(=O)CSCCCBr)cc1C. The highest BCUT2D eigenvalue weighted by Crippen LogP contribution is 2.14. The van der Waals surface area contributed by atoms with Gasteiger partial charge in [-0.15, -0.1) is 0 Å². The number of carbonyl (C=O) groups is 1. The van der Waals surface area contributed by atoms with Crippen molar-refractivity contribution in [3.63, 3.8) is 0 Å². The van der Waals surface area contributed by atoms with Crippen LogP contribution in [0.25, 0.3) is 0 Å². The molecular formula is C13H18BrNOS. The van der Waals surface area contributed by atoms with E-state index < -0.39 is 0 Å². The fraction of sp³-hybridized carbons (Fsp3) is 0.462. The molecule has 0 aromatic heterocycles. The Morgan fingerprint density at radius 2 is 2.12 bits per heavy atom. The van der Waals surface area contributed by atoms with Crippen LogP contribution in [0.2, 0.25) is 0 Å². The summed E-state index contributed by atoms with van der Waals surface area (Å²) >= 11 is 5.04. The number of benzene rings is 1. The molecule has 0 saturated carbocycles. The normalized spacial score (nSPS) is 10.3. The van der Waals surface area contributed by atoms with Gasteiger partial charge in [-0.1, -0.05) is 22.0 Å². The molecule has 0 unspecified atom stereocenters. The van der Waals surface area contributed by atoms with Crippen molar-refractivity contribution >= 4 is 39.3 Å². The second kappa shape index (κ2) is 7.77. The van der Waals surface area contributed by atoms with E-state index in [4.69, 9.17) is 0 Å². The second-order valence-electron chi connectivity index (χ2n) is 3.94. The van der Waals surface area contributed by atoms with Gasteiger partial charge in [-0.05, 0) is 49.3 Å². The van der Waals surface area contributed by atoms with E-state index in [2.05, 4.69) is 35.1 Å². The molecule has 0 aliphatic rings. The predicted molar refractivity (Wildman–Crippen MR) is 80.3 cm³/mol. The zero-order valence-corrected chi connectivity index (χ0v) is 12.7. The maximum absolute atomic E-state index is 11.6. The van der Waals surface area contributed by atoms with Gasteiger partial charge >= 0.3 is 0 Å². The monoisotopic (exact) mass is 315 g/mol. The van der Waals surface area contributed by atoms with E-state index in [1.165, 1.54) is 11.1 Å². The van der Waals surface area contributed by atoms with Crippen LogP contribution >= 0.6 is 27.7 Å². The van der Waals surface area contributed by atoms with Crippen LogP contribution in [0.5, 0.6) is 0 Å². The largest absolute Gasteiger partial charge is 0.325 e. The summed E-state index contributed by atoms with van der Waals surface area (Å²) in [6.45, 7) is 4.12. The number of anilines is 1. The molecule has 0 spiro atoms. The summed E-state index contributed by atoms with van der Waals surface area (Å²) < 4.78 is 0. The molecule has 0 heterocycles. The maximum Gasteiger partial charge on any atom is 0.234 e. The molecule has 1 N–H and O–H groups in total. The molecular weight excluding hydrogens is 298 g/mol. The highest BCUT2D eigenvalue weighted by atomic mass is 79.9. The van der Waals surface area contributed by atoms with Gasteiger partial charge in [0.25, 0.3) is 0 Å². The van der Waals surface area contributed by atoms with Crippen molar-refractivity contribution in [1.29, 1.82) is 0 Å². The number of rotatable bonds is 6. The van der Waals surface area contributed by atoms with Crippen LogP contribution in [0, 0.1) is 13.8 Å². The third-order valence-corrected chi connectivity index (χ3v) is 4.05. The lowest BCUT2D eigenvalue weighted by atomic mass is 10.1. The van der Waals surface area contributed by atoms with Crippen molar-refractivity contribution in [1.82, 2.24) is 0 Å². The Hall–Kier alpha value is -0.480. The van der Waals surface area contributed by atoms with Crippen LogP contribution in [0.15, 0.2) is 18.2 Å². The Balaban J connectivity index is 2.37. The van der Waals surface area contributed by atoms with Crippen molar-refractivity contribution in [3.05, 3.63) is 29.3 Å². The van der Waals surface area contributed by atoms with Crippen LogP contribution in [0.1, 0.15) is 17.5 Å². The van der Waals surface area contributed by atoms with Crippen LogP contribution in [0.3, 0.4) is 0 Å². The summed E-state index contributed by atoms with van der Waals surface area (Å²) in [5.41, 5.74) is 3.34. The molecule has 0 fully saturated rings. The molecule has 0 saturated heterocycles. The molecule has 1 aromatic carbocycles. The zero-order valence-electron chi connectivity index (χ0n) is 10.3. The van der Waals surface area contributed by atoms with E-state index in [0.29, 0.717) is 5.75 Å². The molecule has 1 amide bonds. The summed E-state index contributed by atoms with van der Waals surface area (Å²) in [4.78, 5) is 11.6. The number of nitrogens with one attached hydrogen (secondary N) is 1. The maximum atomic E-state index is 11.6. The summed E-state index contributed by atoms with van der Waals surface area (Å²) in [5, 5.41) is 3.91. The molecule has 0 aliphatic heterocycles. The average molecular weight is 316 g/mol. The van der Waals surface area contributed by atoms with Crippen LogP contribution in [0.4, 0.5) is 5.69 Å². The van der Waals surface area contributed by atoms with Crippen molar-refractivity contribution in [2.24, 2.45) is 0 Å². The molecule has 1 rings (SSSR count).